The lowest BCUT2D eigenvalue weighted by molar-refractivity contribution is -0.129. The molecule has 1 aliphatic carbocycles. The smallest absolute Gasteiger partial charge is 0.253 e. The summed E-state index contributed by atoms with van der Waals surface area (Å²) < 4.78 is 0. The number of hydrogen-bond donors (Lipinski definition) is 1. The van der Waals surface area contributed by atoms with Crippen LogP contribution in [-0.4, -0.2) is 85.9 Å². The van der Waals surface area contributed by atoms with E-state index in [1.54, 1.807) is 0 Å². The first kappa shape index (κ1) is 23.7. The van der Waals surface area contributed by atoms with E-state index in [1.165, 1.54) is 18.4 Å². The molecule has 172 valence electrons. The molecule has 1 aromatic rings. The minimum absolute atomic E-state index is 0.0528. The molecule has 6 nitrogen and oxygen atoms in total. The van der Waals surface area contributed by atoms with Crippen LogP contribution in [-0.2, 0) is 11.2 Å². The van der Waals surface area contributed by atoms with Gasteiger partial charge in [-0.25, -0.2) is 0 Å². The molecule has 1 aromatic carbocycles. The molecule has 6 heteroatoms. The standard InChI is InChI=1S/C25H40N4O2/c1-4-20-10-12-22(13-11-20)25(31)29-18-16-28(17-19-29)23(21-8-5-6-9-21)24(30)26-14-7-15-27(2)3/h10-13,21,23H,4-9,14-19H2,1-3H3,(H,26,30). The van der Waals surface area contributed by atoms with Crippen LogP contribution >= 0.6 is 0 Å². The number of aryl methyl sites for hydroxylation is 1. The lowest BCUT2D eigenvalue weighted by atomic mass is 9.95. The maximum Gasteiger partial charge on any atom is 0.253 e. The molecule has 0 radical (unpaired) electrons. The predicted octanol–water partition coefficient (Wildman–Crippen LogP) is 2.63. The quantitative estimate of drug-likeness (QED) is 0.615. The van der Waals surface area contributed by atoms with Gasteiger partial charge in [0.1, 0.15) is 0 Å². The Morgan fingerprint density at radius 3 is 2.29 bits per heavy atom. The highest BCUT2D eigenvalue weighted by atomic mass is 16.2. The summed E-state index contributed by atoms with van der Waals surface area (Å²) in [6.07, 6.45) is 6.67. The van der Waals surface area contributed by atoms with E-state index in [2.05, 4.69) is 36.1 Å². The first-order valence-electron chi connectivity index (χ1n) is 12.0. The van der Waals surface area contributed by atoms with Gasteiger partial charge in [-0.05, 0) is 69.9 Å². The topological polar surface area (TPSA) is 55.9 Å². The van der Waals surface area contributed by atoms with Gasteiger partial charge in [-0.1, -0.05) is 31.9 Å². The maximum atomic E-state index is 13.1. The summed E-state index contributed by atoms with van der Waals surface area (Å²) in [5.74, 6) is 0.728. The van der Waals surface area contributed by atoms with Gasteiger partial charge in [0, 0.05) is 38.3 Å². The van der Waals surface area contributed by atoms with Crippen LogP contribution in [0.25, 0.3) is 0 Å². The molecule has 1 unspecified atom stereocenters. The summed E-state index contributed by atoms with van der Waals surface area (Å²) in [7, 11) is 4.12. The van der Waals surface area contributed by atoms with Gasteiger partial charge >= 0.3 is 0 Å². The summed E-state index contributed by atoms with van der Waals surface area (Å²) >= 11 is 0. The lowest BCUT2D eigenvalue weighted by Gasteiger charge is -2.40. The number of piperazine rings is 1. The number of carbonyl (C=O) groups is 2. The first-order chi connectivity index (χ1) is 15.0. The Balaban J connectivity index is 1.56. The summed E-state index contributed by atoms with van der Waals surface area (Å²) in [5.41, 5.74) is 2.01. The molecule has 1 saturated heterocycles. The molecule has 1 atom stereocenters. The second-order valence-corrected chi connectivity index (χ2v) is 9.32. The van der Waals surface area contributed by atoms with E-state index in [0.717, 1.165) is 57.4 Å². The second kappa shape index (κ2) is 11.6. The van der Waals surface area contributed by atoms with Crippen LogP contribution in [0.3, 0.4) is 0 Å². The molecule has 31 heavy (non-hydrogen) atoms. The van der Waals surface area contributed by atoms with E-state index in [4.69, 9.17) is 0 Å². The molecule has 0 spiro atoms. The van der Waals surface area contributed by atoms with E-state index in [0.29, 0.717) is 19.0 Å². The van der Waals surface area contributed by atoms with E-state index in [-0.39, 0.29) is 17.9 Å². The lowest BCUT2D eigenvalue weighted by Crippen LogP contribution is -2.58. The zero-order chi connectivity index (χ0) is 22.2. The molecule has 2 amide bonds. The Hall–Kier alpha value is -1.92. The number of rotatable bonds is 9. The van der Waals surface area contributed by atoms with Gasteiger partial charge in [0.25, 0.3) is 5.91 Å². The molecular weight excluding hydrogens is 388 g/mol. The average Bonchev–Trinajstić information content (AvgIpc) is 3.31. The fourth-order valence-electron chi connectivity index (χ4n) is 4.93. The molecule has 3 rings (SSSR count). The van der Waals surface area contributed by atoms with Crippen molar-refractivity contribution in [2.24, 2.45) is 5.92 Å². The minimum Gasteiger partial charge on any atom is -0.355 e. The van der Waals surface area contributed by atoms with E-state index < -0.39 is 0 Å². The van der Waals surface area contributed by atoms with Crippen molar-refractivity contribution >= 4 is 11.8 Å². The van der Waals surface area contributed by atoms with Crippen LogP contribution in [0.15, 0.2) is 24.3 Å². The largest absolute Gasteiger partial charge is 0.355 e. The van der Waals surface area contributed by atoms with Gasteiger partial charge in [0.15, 0.2) is 0 Å². The molecule has 1 heterocycles. The molecule has 0 aromatic heterocycles. The molecule has 1 saturated carbocycles. The molecule has 1 aliphatic heterocycles. The van der Waals surface area contributed by atoms with Crippen LogP contribution < -0.4 is 5.32 Å². The van der Waals surface area contributed by atoms with Crippen molar-refractivity contribution in [3.63, 3.8) is 0 Å². The highest BCUT2D eigenvalue weighted by Gasteiger charge is 2.37. The number of hydrogen-bond acceptors (Lipinski definition) is 4. The normalized spacial score (nSPS) is 19.0. The third-order valence-corrected chi connectivity index (χ3v) is 6.80. The van der Waals surface area contributed by atoms with Crippen molar-refractivity contribution in [3.05, 3.63) is 35.4 Å². The van der Waals surface area contributed by atoms with E-state index in [1.807, 2.05) is 29.2 Å². The Morgan fingerprint density at radius 2 is 1.71 bits per heavy atom. The van der Waals surface area contributed by atoms with Gasteiger partial charge < -0.3 is 15.1 Å². The van der Waals surface area contributed by atoms with Crippen molar-refractivity contribution < 1.29 is 9.59 Å². The van der Waals surface area contributed by atoms with Crippen molar-refractivity contribution in [3.8, 4) is 0 Å². The molecule has 0 bridgehead atoms. The number of nitrogens with zero attached hydrogens (tertiary/aromatic N) is 3. The van der Waals surface area contributed by atoms with Crippen molar-refractivity contribution in [2.45, 2.75) is 51.5 Å². The van der Waals surface area contributed by atoms with Gasteiger partial charge in [0.05, 0.1) is 6.04 Å². The highest BCUT2D eigenvalue weighted by molar-refractivity contribution is 5.94. The van der Waals surface area contributed by atoms with Crippen LogP contribution in [0.2, 0.25) is 0 Å². The number of nitrogens with one attached hydrogen (secondary N) is 1. The summed E-state index contributed by atoms with van der Waals surface area (Å²) in [6.45, 7) is 6.74. The zero-order valence-corrected chi connectivity index (χ0v) is 19.6. The van der Waals surface area contributed by atoms with Gasteiger partial charge in [0.2, 0.25) is 5.91 Å². The third kappa shape index (κ3) is 6.53. The summed E-state index contributed by atoms with van der Waals surface area (Å²) in [6, 6.07) is 7.91. The zero-order valence-electron chi connectivity index (χ0n) is 19.6. The fraction of sp³-hybridized carbons (Fsp3) is 0.680. The first-order valence-corrected chi connectivity index (χ1v) is 12.0. The number of amides is 2. The SMILES string of the molecule is CCc1ccc(C(=O)N2CCN(C(C(=O)NCCCN(C)C)C3CCCC3)CC2)cc1. The van der Waals surface area contributed by atoms with Crippen LogP contribution in [0.5, 0.6) is 0 Å². The molecular formula is C25H40N4O2. The third-order valence-electron chi connectivity index (χ3n) is 6.80. The van der Waals surface area contributed by atoms with Gasteiger partial charge in [-0.15, -0.1) is 0 Å². The van der Waals surface area contributed by atoms with Crippen molar-refractivity contribution in [1.29, 1.82) is 0 Å². The average molecular weight is 429 g/mol. The Kier molecular flexibility index (Phi) is 8.90. The van der Waals surface area contributed by atoms with Gasteiger partial charge in [-0.2, -0.15) is 0 Å². The van der Waals surface area contributed by atoms with Crippen LogP contribution in [0.4, 0.5) is 0 Å². The highest BCUT2D eigenvalue weighted by Crippen LogP contribution is 2.31. The monoisotopic (exact) mass is 428 g/mol. The Morgan fingerprint density at radius 1 is 1.06 bits per heavy atom. The predicted molar refractivity (Wildman–Crippen MR) is 125 cm³/mol. The van der Waals surface area contributed by atoms with Crippen LogP contribution in [0.1, 0.15) is 54.9 Å². The maximum absolute atomic E-state index is 13.1. The molecule has 2 aliphatic rings. The molecule has 2 fully saturated rings. The summed E-state index contributed by atoms with van der Waals surface area (Å²) in [4.78, 5) is 32.5. The number of carbonyl (C=O) groups excluding carboxylic acids is 2. The molecule has 1 N–H and O–H groups in total. The van der Waals surface area contributed by atoms with E-state index in [9.17, 15) is 9.59 Å². The Bertz CT molecular complexity index is 705. The summed E-state index contributed by atoms with van der Waals surface area (Å²) in [5, 5.41) is 3.20. The Labute approximate surface area is 188 Å². The van der Waals surface area contributed by atoms with Crippen molar-refractivity contribution in [1.82, 2.24) is 20.0 Å². The van der Waals surface area contributed by atoms with E-state index >= 15 is 0 Å². The number of benzene rings is 1. The fourth-order valence-corrected chi connectivity index (χ4v) is 4.93. The van der Waals surface area contributed by atoms with Crippen molar-refractivity contribution in [2.75, 3.05) is 53.4 Å². The minimum atomic E-state index is -0.0528. The second-order valence-electron chi connectivity index (χ2n) is 9.32. The van der Waals surface area contributed by atoms with Crippen LogP contribution in [0, 0.1) is 5.92 Å². The van der Waals surface area contributed by atoms with Gasteiger partial charge in [-0.3, -0.25) is 14.5 Å².